The van der Waals surface area contributed by atoms with E-state index in [-0.39, 0.29) is 12.5 Å². The van der Waals surface area contributed by atoms with Crippen LogP contribution in [0.3, 0.4) is 0 Å². The van der Waals surface area contributed by atoms with Crippen molar-refractivity contribution in [3.05, 3.63) is 35.3 Å². The van der Waals surface area contributed by atoms with Gasteiger partial charge in [-0.2, -0.15) is 5.10 Å². The molecule has 0 spiro atoms. The van der Waals surface area contributed by atoms with Crippen LogP contribution < -0.4 is 9.47 Å². The fourth-order valence-corrected chi connectivity index (χ4v) is 3.93. The zero-order valence-electron chi connectivity index (χ0n) is 19.1. The van der Waals surface area contributed by atoms with E-state index in [1.807, 2.05) is 30.0 Å². The molecule has 10 nitrogen and oxygen atoms in total. The molecule has 1 saturated heterocycles. The summed E-state index contributed by atoms with van der Waals surface area (Å²) in [6.07, 6.45) is 0. The van der Waals surface area contributed by atoms with Gasteiger partial charge in [0.05, 0.1) is 37.8 Å². The molecule has 0 radical (unpaired) electrons. The van der Waals surface area contributed by atoms with E-state index in [1.165, 1.54) is 0 Å². The van der Waals surface area contributed by atoms with Crippen molar-refractivity contribution in [2.24, 2.45) is 0 Å². The molecule has 170 valence electrons. The van der Waals surface area contributed by atoms with Crippen LogP contribution in [0.4, 0.5) is 0 Å². The maximum absolute atomic E-state index is 13.1. The van der Waals surface area contributed by atoms with Crippen LogP contribution in [0, 0.1) is 6.92 Å². The second-order valence-electron chi connectivity index (χ2n) is 7.79. The van der Waals surface area contributed by atoms with Crippen molar-refractivity contribution < 1.29 is 19.0 Å². The van der Waals surface area contributed by atoms with Gasteiger partial charge >= 0.3 is 0 Å². The summed E-state index contributed by atoms with van der Waals surface area (Å²) in [7, 11) is 6.85. The number of hydrogen-bond acceptors (Lipinski definition) is 8. The molecule has 1 aliphatic rings. The number of rotatable bonds is 6. The Labute approximate surface area is 186 Å². The second kappa shape index (κ2) is 9.09. The van der Waals surface area contributed by atoms with E-state index in [4.69, 9.17) is 19.3 Å². The predicted octanol–water partition coefficient (Wildman–Crippen LogP) is 1.65. The number of benzene rings is 1. The minimum absolute atomic E-state index is 0.124. The molecule has 0 saturated carbocycles. The first kappa shape index (κ1) is 22.0. The summed E-state index contributed by atoms with van der Waals surface area (Å²) in [6.45, 7) is 5.13. The van der Waals surface area contributed by atoms with Crippen molar-refractivity contribution in [3.8, 4) is 22.6 Å². The van der Waals surface area contributed by atoms with Crippen molar-refractivity contribution in [1.82, 2.24) is 29.6 Å². The Balaban J connectivity index is 1.80. The standard InChI is InChI=1S/C22H28N6O4/c1-14-20(22(29)27-10-8-26(2)9-11-27)23-24-21-19(16(13-30-3)25-28(14)21)15-6-7-17(31-4)18(12-15)32-5/h6-7,12H,8-11,13H2,1-5H3. The molecule has 0 N–H and O–H groups in total. The van der Waals surface area contributed by atoms with E-state index in [9.17, 15) is 4.79 Å². The van der Waals surface area contributed by atoms with Crippen LogP contribution in [0.2, 0.25) is 0 Å². The Morgan fingerprint density at radius 3 is 2.41 bits per heavy atom. The number of likely N-dealkylation sites (N-methyl/N-ethyl adjacent to an activating group) is 1. The van der Waals surface area contributed by atoms with Crippen LogP contribution in [-0.2, 0) is 11.3 Å². The van der Waals surface area contributed by atoms with E-state index in [0.29, 0.717) is 47.3 Å². The number of fused-ring (bicyclic) bond motifs is 1. The van der Waals surface area contributed by atoms with Gasteiger partial charge in [-0.25, -0.2) is 4.52 Å². The van der Waals surface area contributed by atoms with Crippen LogP contribution in [-0.4, -0.2) is 90.1 Å². The largest absolute Gasteiger partial charge is 0.493 e. The van der Waals surface area contributed by atoms with Crippen LogP contribution in [0.25, 0.3) is 16.8 Å². The Hall–Kier alpha value is -3.24. The van der Waals surface area contributed by atoms with Crippen LogP contribution in [0.1, 0.15) is 21.9 Å². The summed E-state index contributed by atoms with van der Waals surface area (Å²) in [5.74, 6) is 1.10. The zero-order chi connectivity index (χ0) is 22.8. The number of piperazine rings is 1. The van der Waals surface area contributed by atoms with Gasteiger partial charge in [0.2, 0.25) is 0 Å². The van der Waals surface area contributed by atoms with Gasteiger partial charge in [-0.05, 0) is 31.7 Å². The quantitative estimate of drug-likeness (QED) is 0.571. The molecule has 1 aromatic carbocycles. The molecule has 4 rings (SSSR count). The predicted molar refractivity (Wildman–Crippen MR) is 118 cm³/mol. The molecule has 1 amide bonds. The highest BCUT2D eigenvalue weighted by Gasteiger charge is 2.26. The van der Waals surface area contributed by atoms with Gasteiger partial charge in [0.25, 0.3) is 5.91 Å². The summed E-state index contributed by atoms with van der Waals surface area (Å²) >= 11 is 0. The molecule has 0 bridgehead atoms. The molecule has 1 fully saturated rings. The van der Waals surface area contributed by atoms with Crippen molar-refractivity contribution in [1.29, 1.82) is 0 Å². The highest BCUT2D eigenvalue weighted by molar-refractivity contribution is 5.94. The normalized spacial score (nSPS) is 14.7. The molecule has 0 aliphatic carbocycles. The van der Waals surface area contributed by atoms with Gasteiger partial charge < -0.3 is 24.0 Å². The van der Waals surface area contributed by atoms with Gasteiger partial charge in [-0.3, -0.25) is 4.79 Å². The molecule has 0 unspecified atom stereocenters. The number of carbonyl (C=O) groups is 1. The first-order valence-corrected chi connectivity index (χ1v) is 10.4. The third-order valence-electron chi connectivity index (χ3n) is 5.78. The summed E-state index contributed by atoms with van der Waals surface area (Å²) in [6, 6.07) is 5.62. The van der Waals surface area contributed by atoms with Crippen molar-refractivity contribution >= 4 is 11.6 Å². The average molecular weight is 441 g/mol. The number of hydrogen-bond donors (Lipinski definition) is 0. The van der Waals surface area contributed by atoms with Crippen LogP contribution >= 0.6 is 0 Å². The van der Waals surface area contributed by atoms with Gasteiger partial charge in [0.1, 0.15) is 0 Å². The van der Waals surface area contributed by atoms with E-state index in [2.05, 4.69) is 22.1 Å². The Bertz CT molecular complexity index is 1140. The number of carbonyl (C=O) groups excluding carboxylic acids is 1. The molecule has 1 aliphatic heterocycles. The Kier molecular flexibility index (Phi) is 6.24. The lowest BCUT2D eigenvalue weighted by atomic mass is 10.1. The summed E-state index contributed by atoms with van der Waals surface area (Å²) in [5, 5.41) is 13.5. The lowest BCUT2D eigenvalue weighted by Gasteiger charge is -2.32. The van der Waals surface area contributed by atoms with Gasteiger partial charge in [-0.1, -0.05) is 6.07 Å². The second-order valence-corrected chi connectivity index (χ2v) is 7.79. The maximum Gasteiger partial charge on any atom is 0.276 e. The van der Waals surface area contributed by atoms with E-state index >= 15 is 0 Å². The van der Waals surface area contributed by atoms with E-state index in [0.717, 1.165) is 24.2 Å². The number of aryl methyl sites for hydroxylation is 1. The third kappa shape index (κ3) is 3.87. The lowest BCUT2D eigenvalue weighted by Crippen LogP contribution is -2.47. The summed E-state index contributed by atoms with van der Waals surface area (Å²) in [4.78, 5) is 17.1. The van der Waals surface area contributed by atoms with Crippen LogP contribution in [0.15, 0.2) is 18.2 Å². The average Bonchev–Trinajstić information content (AvgIpc) is 3.18. The monoisotopic (exact) mass is 440 g/mol. The number of amides is 1. The third-order valence-corrected chi connectivity index (χ3v) is 5.78. The zero-order valence-corrected chi connectivity index (χ0v) is 19.1. The molecule has 3 heterocycles. The van der Waals surface area contributed by atoms with Gasteiger partial charge in [0.15, 0.2) is 22.8 Å². The fraction of sp³-hybridized carbons (Fsp3) is 0.455. The molecule has 10 heteroatoms. The van der Waals surface area contributed by atoms with E-state index in [1.54, 1.807) is 25.8 Å². The Morgan fingerprint density at radius 1 is 1.03 bits per heavy atom. The first-order valence-electron chi connectivity index (χ1n) is 10.4. The van der Waals surface area contributed by atoms with Gasteiger partial charge in [0, 0.05) is 33.3 Å². The minimum Gasteiger partial charge on any atom is -0.493 e. The molecule has 32 heavy (non-hydrogen) atoms. The highest BCUT2D eigenvalue weighted by Crippen LogP contribution is 2.35. The number of ether oxygens (including phenoxy) is 3. The Morgan fingerprint density at radius 2 is 1.75 bits per heavy atom. The van der Waals surface area contributed by atoms with E-state index < -0.39 is 0 Å². The smallest absolute Gasteiger partial charge is 0.276 e. The minimum atomic E-state index is -0.124. The molecule has 2 aromatic heterocycles. The highest BCUT2D eigenvalue weighted by atomic mass is 16.5. The molecule has 0 atom stereocenters. The first-order chi connectivity index (χ1) is 15.5. The number of methoxy groups -OCH3 is 3. The van der Waals surface area contributed by atoms with Gasteiger partial charge in [-0.15, -0.1) is 10.2 Å². The molecular formula is C22H28N6O4. The maximum atomic E-state index is 13.1. The van der Waals surface area contributed by atoms with Crippen molar-refractivity contribution in [3.63, 3.8) is 0 Å². The van der Waals surface area contributed by atoms with Crippen molar-refractivity contribution in [2.75, 3.05) is 54.6 Å². The summed E-state index contributed by atoms with van der Waals surface area (Å²) < 4.78 is 17.9. The van der Waals surface area contributed by atoms with Crippen molar-refractivity contribution in [2.45, 2.75) is 13.5 Å². The molecular weight excluding hydrogens is 412 g/mol. The SMILES string of the molecule is COCc1nn2c(C)c(C(=O)N3CCN(C)CC3)nnc2c1-c1ccc(OC)c(OC)c1. The lowest BCUT2D eigenvalue weighted by molar-refractivity contribution is 0.0655. The van der Waals surface area contributed by atoms with Crippen LogP contribution in [0.5, 0.6) is 11.5 Å². The fourth-order valence-electron chi connectivity index (χ4n) is 3.93. The summed E-state index contributed by atoms with van der Waals surface area (Å²) in [5.41, 5.74) is 3.83. The topological polar surface area (TPSA) is 94.3 Å². The number of nitrogens with zero attached hydrogens (tertiary/aromatic N) is 6. The molecule has 3 aromatic rings. The number of aromatic nitrogens is 4.